The Morgan fingerprint density at radius 1 is 0.742 bits per heavy atom. The van der Waals surface area contributed by atoms with E-state index in [9.17, 15) is 4.39 Å². The van der Waals surface area contributed by atoms with Gasteiger partial charge in [-0.2, -0.15) is 0 Å². The van der Waals surface area contributed by atoms with E-state index in [2.05, 4.69) is 70.3 Å². The van der Waals surface area contributed by atoms with Crippen molar-refractivity contribution in [3.63, 3.8) is 0 Å². The van der Waals surface area contributed by atoms with Gasteiger partial charge in [-0.15, -0.1) is 0 Å². The molecule has 0 aliphatic heterocycles. The second-order valence-electron chi connectivity index (χ2n) is 9.55. The van der Waals surface area contributed by atoms with E-state index in [1.54, 1.807) is 7.11 Å². The average molecular weight is 437 g/mol. The van der Waals surface area contributed by atoms with Crippen LogP contribution in [0.2, 0.25) is 18.1 Å². The fourth-order valence-corrected chi connectivity index (χ4v) is 4.20. The van der Waals surface area contributed by atoms with Crippen LogP contribution in [0, 0.1) is 5.82 Å². The summed E-state index contributed by atoms with van der Waals surface area (Å²) < 4.78 is 25.2. The number of rotatable bonds is 7. The highest BCUT2D eigenvalue weighted by Gasteiger charge is 2.39. The molecule has 0 atom stereocenters. The van der Waals surface area contributed by atoms with Crippen molar-refractivity contribution in [2.75, 3.05) is 7.11 Å². The Balaban J connectivity index is 1.67. The van der Waals surface area contributed by atoms with Crippen LogP contribution >= 0.6 is 0 Å². The maximum absolute atomic E-state index is 13.1. The summed E-state index contributed by atoms with van der Waals surface area (Å²) in [7, 11) is -0.219. The molecule has 4 heteroatoms. The van der Waals surface area contributed by atoms with Crippen LogP contribution in [0.25, 0.3) is 11.1 Å². The lowest BCUT2D eigenvalue weighted by Crippen LogP contribution is -2.43. The van der Waals surface area contributed by atoms with Crippen LogP contribution in [0.15, 0.2) is 66.7 Å². The van der Waals surface area contributed by atoms with Gasteiger partial charge in [0, 0.05) is 0 Å². The molecule has 0 saturated heterocycles. The highest BCUT2D eigenvalue weighted by molar-refractivity contribution is 6.74. The van der Waals surface area contributed by atoms with E-state index in [0.29, 0.717) is 0 Å². The third-order valence-corrected chi connectivity index (χ3v) is 10.6. The Morgan fingerprint density at radius 2 is 1.26 bits per heavy atom. The van der Waals surface area contributed by atoms with Crippen LogP contribution in [0.4, 0.5) is 4.39 Å². The van der Waals surface area contributed by atoms with Gasteiger partial charge in [-0.25, -0.2) is 4.39 Å². The molecule has 0 N–H and O–H groups in total. The Hall–Kier alpha value is -2.59. The molecule has 2 nitrogen and oxygen atoms in total. The quantitative estimate of drug-likeness (QED) is 0.354. The third-order valence-electron chi connectivity index (χ3n) is 6.23. The third kappa shape index (κ3) is 5.76. The van der Waals surface area contributed by atoms with Crippen LogP contribution < -0.4 is 9.16 Å². The standard InChI is InChI=1S/C27H33FO2Si/c1-27(2,3)31(5,6)30-25-18-11-21(19-26(25)29-4)8-7-20-9-12-22(13-10-20)23-14-16-24(28)17-15-23/h9-19H,7-8H2,1-6H3. The van der Waals surface area contributed by atoms with Crippen molar-refractivity contribution in [1.82, 2.24) is 0 Å². The van der Waals surface area contributed by atoms with Gasteiger partial charge in [0.15, 0.2) is 5.75 Å². The highest BCUT2D eigenvalue weighted by atomic mass is 28.4. The van der Waals surface area contributed by atoms with Crippen LogP contribution in [0.5, 0.6) is 11.5 Å². The topological polar surface area (TPSA) is 18.5 Å². The maximum Gasteiger partial charge on any atom is 0.250 e. The molecule has 31 heavy (non-hydrogen) atoms. The molecule has 0 aliphatic carbocycles. The van der Waals surface area contributed by atoms with E-state index in [4.69, 9.17) is 9.16 Å². The zero-order chi connectivity index (χ0) is 22.6. The molecule has 0 aliphatic rings. The highest BCUT2D eigenvalue weighted by Crippen LogP contribution is 2.40. The van der Waals surface area contributed by atoms with E-state index in [1.165, 1.54) is 23.3 Å². The lowest BCUT2D eigenvalue weighted by Gasteiger charge is -2.36. The second kappa shape index (κ2) is 9.27. The first-order chi connectivity index (χ1) is 14.6. The zero-order valence-corrected chi connectivity index (χ0v) is 20.5. The van der Waals surface area contributed by atoms with Gasteiger partial charge in [-0.3, -0.25) is 0 Å². The minimum Gasteiger partial charge on any atom is -0.541 e. The van der Waals surface area contributed by atoms with E-state index in [-0.39, 0.29) is 10.9 Å². The van der Waals surface area contributed by atoms with Crippen molar-refractivity contribution >= 4 is 8.32 Å². The van der Waals surface area contributed by atoms with E-state index >= 15 is 0 Å². The van der Waals surface area contributed by atoms with E-state index < -0.39 is 8.32 Å². The number of hydrogen-bond acceptors (Lipinski definition) is 2. The number of aryl methyl sites for hydroxylation is 2. The molecule has 3 aromatic rings. The van der Waals surface area contributed by atoms with E-state index in [0.717, 1.165) is 35.5 Å². The average Bonchev–Trinajstić information content (AvgIpc) is 2.73. The summed E-state index contributed by atoms with van der Waals surface area (Å²) in [5.41, 5.74) is 4.61. The Morgan fingerprint density at radius 3 is 1.81 bits per heavy atom. The zero-order valence-electron chi connectivity index (χ0n) is 19.5. The molecular formula is C27H33FO2Si. The molecule has 0 aromatic heterocycles. The minimum atomic E-state index is -1.92. The number of hydrogen-bond donors (Lipinski definition) is 0. The predicted molar refractivity (Wildman–Crippen MR) is 130 cm³/mol. The van der Waals surface area contributed by atoms with Gasteiger partial charge in [0.05, 0.1) is 7.11 Å². The molecule has 0 amide bonds. The molecule has 0 bridgehead atoms. The molecule has 0 heterocycles. The lowest BCUT2D eigenvalue weighted by molar-refractivity contribution is 0.385. The van der Waals surface area contributed by atoms with Gasteiger partial charge in [-0.1, -0.05) is 63.2 Å². The van der Waals surface area contributed by atoms with Crippen molar-refractivity contribution < 1.29 is 13.6 Å². The Kier molecular flexibility index (Phi) is 6.90. The molecule has 3 aromatic carbocycles. The van der Waals surface area contributed by atoms with Gasteiger partial charge in [0.25, 0.3) is 8.32 Å². The summed E-state index contributed by atoms with van der Waals surface area (Å²) in [6.07, 6.45) is 1.86. The minimum absolute atomic E-state index is 0.136. The number of halogens is 1. The summed E-state index contributed by atoms with van der Waals surface area (Å²) in [6, 6.07) is 21.4. The molecule has 164 valence electrons. The molecular weight excluding hydrogens is 403 g/mol. The normalized spacial score (nSPS) is 12.0. The first-order valence-electron chi connectivity index (χ1n) is 10.8. The molecule has 0 unspecified atom stereocenters. The summed E-state index contributed by atoms with van der Waals surface area (Å²) >= 11 is 0. The largest absolute Gasteiger partial charge is 0.541 e. The van der Waals surface area contributed by atoms with Crippen molar-refractivity contribution in [2.24, 2.45) is 0 Å². The van der Waals surface area contributed by atoms with Crippen molar-refractivity contribution in [2.45, 2.75) is 51.7 Å². The van der Waals surface area contributed by atoms with Crippen molar-refractivity contribution in [1.29, 1.82) is 0 Å². The summed E-state index contributed by atoms with van der Waals surface area (Å²) in [5, 5.41) is 0.136. The van der Waals surface area contributed by atoms with Gasteiger partial charge in [0.1, 0.15) is 11.6 Å². The van der Waals surface area contributed by atoms with Crippen molar-refractivity contribution in [3.05, 3.63) is 83.7 Å². The predicted octanol–water partition coefficient (Wildman–Crippen LogP) is 7.67. The monoisotopic (exact) mass is 436 g/mol. The summed E-state index contributed by atoms with van der Waals surface area (Å²) in [4.78, 5) is 0. The van der Waals surface area contributed by atoms with Crippen LogP contribution in [0.1, 0.15) is 31.9 Å². The molecule has 0 radical (unpaired) electrons. The SMILES string of the molecule is COc1cc(CCc2ccc(-c3ccc(F)cc3)cc2)ccc1O[Si](C)(C)C(C)(C)C. The Bertz CT molecular complexity index is 1000. The molecule has 0 spiro atoms. The number of ether oxygens (including phenoxy) is 1. The van der Waals surface area contributed by atoms with Crippen molar-refractivity contribution in [3.8, 4) is 22.6 Å². The van der Waals surface area contributed by atoms with Gasteiger partial charge >= 0.3 is 0 Å². The first-order valence-corrected chi connectivity index (χ1v) is 13.7. The maximum atomic E-state index is 13.1. The summed E-state index contributed by atoms with van der Waals surface area (Å²) in [5.74, 6) is 1.42. The van der Waals surface area contributed by atoms with Gasteiger partial charge < -0.3 is 9.16 Å². The van der Waals surface area contributed by atoms with Gasteiger partial charge in [0.2, 0.25) is 0 Å². The lowest BCUT2D eigenvalue weighted by atomic mass is 10.00. The molecule has 3 rings (SSSR count). The Labute approximate surface area is 187 Å². The fourth-order valence-electron chi connectivity index (χ4n) is 3.17. The number of methoxy groups -OCH3 is 1. The fraction of sp³-hybridized carbons (Fsp3) is 0.333. The van der Waals surface area contributed by atoms with E-state index in [1.807, 2.05) is 18.2 Å². The molecule has 0 fully saturated rings. The summed E-state index contributed by atoms with van der Waals surface area (Å²) in [6.45, 7) is 11.2. The van der Waals surface area contributed by atoms with Crippen LogP contribution in [-0.2, 0) is 12.8 Å². The molecule has 0 saturated carbocycles. The van der Waals surface area contributed by atoms with Gasteiger partial charge in [-0.05, 0) is 77.5 Å². The van der Waals surface area contributed by atoms with Crippen LogP contribution in [-0.4, -0.2) is 15.4 Å². The smallest absolute Gasteiger partial charge is 0.250 e. The second-order valence-corrected chi connectivity index (χ2v) is 14.3. The first kappa shape index (κ1) is 23.1. The number of benzene rings is 3. The van der Waals surface area contributed by atoms with Crippen LogP contribution in [0.3, 0.4) is 0 Å².